The van der Waals surface area contributed by atoms with E-state index in [4.69, 9.17) is 10.8 Å². The average Bonchev–Trinajstić information content (AvgIpc) is 2.99. The number of nitrogens with zero attached hydrogens (tertiary/aromatic N) is 1. The van der Waals surface area contributed by atoms with Crippen molar-refractivity contribution in [3.8, 4) is 0 Å². The number of nitrogens with two attached hydrogens (primary N) is 1. The quantitative estimate of drug-likeness (QED) is 0.336. The second kappa shape index (κ2) is 8.73. The van der Waals surface area contributed by atoms with Crippen LogP contribution in [0.2, 0.25) is 0 Å². The molecule has 5 N–H and O–H groups in total. The van der Waals surface area contributed by atoms with E-state index in [2.05, 4.69) is 23.3 Å². The second-order valence-corrected chi connectivity index (χ2v) is 5.70. The third-order valence-electron chi connectivity index (χ3n) is 3.50. The molecule has 0 radical (unpaired) electrons. The first-order valence-corrected chi connectivity index (χ1v) is 7.88. The van der Waals surface area contributed by atoms with Crippen LogP contribution in [0.25, 0.3) is 0 Å². The number of likely N-dealkylation sites (tertiary alicyclic amines) is 1. The van der Waals surface area contributed by atoms with Crippen LogP contribution in [0.5, 0.6) is 0 Å². The molecule has 3 atom stereocenters. The molecule has 0 aromatic rings. The normalized spacial score (nSPS) is 19.8. The number of carbonyl (C=O) groups excluding carboxylic acids is 3. The van der Waals surface area contributed by atoms with Gasteiger partial charge in [-0.2, -0.15) is 12.6 Å². The number of aliphatic carboxylic acids is 1. The van der Waals surface area contributed by atoms with Crippen molar-refractivity contribution in [2.24, 2.45) is 5.73 Å². The fraction of sp³-hybridized carbons (Fsp3) is 0.692. The summed E-state index contributed by atoms with van der Waals surface area (Å²) in [7, 11) is 0. The Bertz CT molecular complexity index is 485. The van der Waals surface area contributed by atoms with Crippen molar-refractivity contribution in [3.63, 3.8) is 0 Å². The van der Waals surface area contributed by atoms with E-state index in [0.717, 1.165) is 0 Å². The minimum atomic E-state index is -1.06. The summed E-state index contributed by atoms with van der Waals surface area (Å²) in [5, 5.41) is 13.8. The van der Waals surface area contributed by atoms with Gasteiger partial charge in [0.15, 0.2) is 0 Å². The monoisotopic (exact) mass is 346 g/mol. The summed E-state index contributed by atoms with van der Waals surface area (Å²) in [6.45, 7) is 1.50. The Labute approximate surface area is 139 Å². The summed E-state index contributed by atoms with van der Waals surface area (Å²) in [5.41, 5.74) is 5.40. The molecule has 1 fully saturated rings. The molecule has 0 bridgehead atoms. The molecule has 1 saturated heterocycles. The third-order valence-corrected chi connectivity index (χ3v) is 3.87. The Morgan fingerprint density at radius 1 is 1.35 bits per heavy atom. The van der Waals surface area contributed by atoms with Gasteiger partial charge in [0.25, 0.3) is 0 Å². The number of hydrogen-bond donors (Lipinski definition) is 5. The van der Waals surface area contributed by atoms with E-state index in [1.165, 1.54) is 11.8 Å². The number of rotatable bonds is 7. The molecule has 0 spiro atoms. The molecule has 0 aromatic heterocycles. The van der Waals surface area contributed by atoms with Crippen LogP contribution in [-0.4, -0.2) is 70.7 Å². The van der Waals surface area contributed by atoms with Crippen molar-refractivity contribution in [2.75, 3.05) is 18.8 Å². The van der Waals surface area contributed by atoms with Crippen LogP contribution in [0.4, 0.5) is 0 Å². The molecule has 1 aliphatic rings. The van der Waals surface area contributed by atoms with Gasteiger partial charge in [-0.25, -0.2) is 4.79 Å². The first-order valence-electron chi connectivity index (χ1n) is 7.24. The topological polar surface area (TPSA) is 142 Å². The van der Waals surface area contributed by atoms with E-state index < -0.39 is 41.8 Å². The van der Waals surface area contributed by atoms with Crippen molar-refractivity contribution >= 4 is 36.3 Å². The van der Waals surface area contributed by atoms with Crippen LogP contribution in [0, 0.1) is 0 Å². The van der Waals surface area contributed by atoms with Crippen LogP contribution in [0.15, 0.2) is 0 Å². The summed E-state index contributed by atoms with van der Waals surface area (Å²) in [6.07, 6.45) is 1.01. The van der Waals surface area contributed by atoms with E-state index in [1.54, 1.807) is 0 Å². The zero-order valence-electron chi connectivity index (χ0n) is 12.8. The van der Waals surface area contributed by atoms with Gasteiger partial charge in [-0.15, -0.1) is 0 Å². The van der Waals surface area contributed by atoms with Gasteiger partial charge < -0.3 is 26.4 Å². The number of thiol groups is 1. The molecule has 3 unspecified atom stereocenters. The minimum Gasteiger partial charge on any atom is -0.480 e. The summed E-state index contributed by atoms with van der Waals surface area (Å²) in [5.74, 6) is -2.57. The zero-order valence-corrected chi connectivity index (χ0v) is 13.7. The lowest BCUT2D eigenvalue weighted by molar-refractivity contribution is -0.148. The summed E-state index contributed by atoms with van der Waals surface area (Å²) >= 11 is 3.98. The minimum absolute atomic E-state index is 0.0416. The summed E-state index contributed by atoms with van der Waals surface area (Å²) in [6, 6.07) is -2.54. The maximum Gasteiger partial charge on any atom is 0.326 e. The molecule has 0 aromatic carbocycles. The van der Waals surface area contributed by atoms with Gasteiger partial charge in [0.1, 0.15) is 12.1 Å². The first kappa shape index (κ1) is 19.2. The van der Waals surface area contributed by atoms with E-state index in [9.17, 15) is 19.2 Å². The standard InChI is InChI=1S/C13H22N4O5S/c1-7(14)11(19)16-8(6-23)12(20)15-5-10(18)17-4-2-3-9(17)13(21)22/h7-9,23H,2-6,14H2,1H3,(H,15,20)(H,16,19)(H,21,22). The molecule has 10 heteroatoms. The molecular formula is C13H22N4O5S. The van der Waals surface area contributed by atoms with Crippen LogP contribution in [-0.2, 0) is 19.2 Å². The molecule has 1 rings (SSSR count). The van der Waals surface area contributed by atoms with Gasteiger partial charge in [0, 0.05) is 12.3 Å². The third kappa shape index (κ3) is 5.39. The van der Waals surface area contributed by atoms with Crippen LogP contribution in [0.3, 0.4) is 0 Å². The highest BCUT2D eigenvalue weighted by Crippen LogP contribution is 2.17. The van der Waals surface area contributed by atoms with E-state index in [1.807, 2.05) is 0 Å². The first-order chi connectivity index (χ1) is 10.8. The molecule has 0 saturated carbocycles. The van der Waals surface area contributed by atoms with Crippen molar-refractivity contribution in [1.82, 2.24) is 15.5 Å². The van der Waals surface area contributed by atoms with Crippen molar-refractivity contribution in [3.05, 3.63) is 0 Å². The molecular weight excluding hydrogens is 324 g/mol. The largest absolute Gasteiger partial charge is 0.480 e. The number of amides is 3. The molecule has 130 valence electrons. The number of hydrogen-bond acceptors (Lipinski definition) is 6. The lowest BCUT2D eigenvalue weighted by Crippen LogP contribution is -2.53. The lowest BCUT2D eigenvalue weighted by atomic mass is 10.2. The SMILES string of the molecule is CC(N)C(=O)NC(CS)C(=O)NCC(=O)N1CCCC1C(=O)O. The Kier molecular flexibility index (Phi) is 7.30. The maximum atomic E-state index is 12.0. The van der Waals surface area contributed by atoms with Gasteiger partial charge in [-0.1, -0.05) is 0 Å². The zero-order chi connectivity index (χ0) is 17.6. The number of carboxylic acid groups (broad SMARTS) is 1. The van der Waals surface area contributed by atoms with Crippen molar-refractivity contribution < 1.29 is 24.3 Å². The summed E-state index contributed by atoms with van der Waals surface area (Å²) < 4.78 is 0. The Hall–Kier alpha value is -1.81. The lowest BCUT2D eigenvalue weighted by Gasteiger charge is -2.22. The van der Waals surface area contributed by atoms with Crippen LogP contribution in [0.1, 0.15) is 19.8 Å². The smallest absolute Gasteiger partial charge is 0.326 e. The Balaban J connectivity index is 2.52. The van der Waals surface area contributed by atoms with Gasteiger partial charge in [0.2, 0.25) is 17.7 Å². The maximum absolute atomic E-state index is 12.0. The van der Waals surface area contributed by atoms with E-state index in [-0.39, 0.29) is 12.3 Å². The van der Waals surface area contributed by atoms with Crippen LogP contribution >= 0.6 is 12.6 Å². The highest BCUT2D eigenvalue weighted by molar-refractivity contribution is 7.80. The molecule has 1 aliphatic heterocycles. The van der Waals surface area contributed by atoms with Gasteiger partial charge in [-0.05, 0) is 19.8 Å². The highest BCUT2D eigenvalue weighted by Gasteiger charge is 2.34. The Morgan fingerprint density at radius 2 is 2.00 bits per heavy atom. The van der Waals surface area contributed by atoms with Gasteiger partial charge >= 0.3 is 5.97 Å². The summed E-state index contributed by atoms with van der Waals surface area (Å²) in [4.78, 5) is 47.8. The van der Waals surface area contributed by atoms with Gasteiger partial charge in [-0.3, -0.25) is 14.4 Å². The average molecular weight is 346 g/mol. The molecule has 0 aliphatic carbocycles. The Morgan fingerprint density at radius 3 is 2.52 bits per heavy atom. The van der Waals surface area contributed by atoms with E-state index >= 15 is 0 Å². The number of nitrogens with one attached hydrogen (secondary N) is 2. The number of carboxylic acids is 1. The molecule has 1 heterocycles. The second-order valence-electron chi connectivity index (χ2n) is 5.33. The molecule has 9 nitrogen and oxygen atoms in total. The predicted octanol–water partition coefficient (Wildman–Crippen LogP) is -2.06. The highest BCUT2D eigenvalue weighted by atomic mass is 32.1. The van der Waals surface area contributed by atoms with Crippen molar-refractivity contribution in [1.29, 1.82) is 0 Å². The van der Waals surface area contributed by atoms with E-state index in [0.29, 0.717) is 19.4 Å². The van der Waals surface area contributed by atoms with Crippen LogP contribution < -0.4 is 16.4 Å². The molecule has 3 amide bonds. The van der Waals surface area contributed by atoms with Crippen molar-refractivity contribution in [2.45, 2.75) is 37.9 Å². The fourth-order valence-corrected chi connectivity index (χ4v) is 2.46. The van der Waals surface area contributed by atoms with Gasteiger partial charge in [0.05, 0.1) is 12.6 Å². The predicted molar refractivity (Wildman–Crippen MR) is 84.8 cm³/mol. The fourth-order valence-electron chi connectivity index (χ4n) is 2.21. The number of carbonyl (C=O) groups is 4. The molecule has 23 heavy (non-hydrogen) atoms.